The molecule has 0 radical (unpaired) electrons. The summed E-state index contributed by atoms with van der Waals surface area (Å²) in [7, 11) is 0. The van der Waals surface area contributed by atoms with E-state index in [0.29, 0.717) is 22.9 Å². The molecule has 1 aliphatic rings. The van der Waals surface area contributed by atoms with E-state index in [1.54, 1.807) is 18.2 Å². The number of nitrogens with one attached hydrogen (secondary N) is 1. The fraction of sp³-hybridized carbons (Fsp3) is 0.263. The van der Waals surface area contributed by atoms with Gasteiger partial charge >= 0.3 is 5.97 Å². The Morgan fingerprint density at radius 3 is 2.48 bits per heavy atom. The predicted octanol–water partition coefficient (Wildman–Crippen LogP) is 2.89. The van der Waals surface area contributed by atoms with Crippen LogP contribution in [0.4, 0.5) is 10.1 Å². The molecule has 0 spiro atoms. The summed E-state index contributed by atoms with van der Waals surface area (Å²) in [6.45, 7) is 3.06. The topological polar surface area (TPSA) is 83.1 Å². The number of carbonyl (C=O) groups is 2. The molecule has 3 rings (SSSR count). The van der Waals surface area contributed by atoms with E-state index in [2.05, 4.69) is 5.32 Å². The maximum absolute atomic E-state index is 12.9. The highest BCUT2D eigenvalue weighted by Gasteiger charge is 2.24. The first kappa shape index (κ1) is 18.5. The molecule has 0 fully saturated rings. The van der Waals surface area contributed by atoms with Crippen molar-refractivity contribution in [1.29, 1.82) is 0 Å². The van der Waals surface area contributed by atoms with Crippen molar-refractivity contribution in [3.8, 4) is 17.2 Å². The average molecular weight is 375 g/mol. The summed E-state index contributed by atoms with van der Waals surface area (Å²) in [6, 6.07) is 10.2. The molecule has 0 aromatic heterocycles. The van der Waals surface area contributed by atoms with Crippen LogP contribution in [0.25, 0.3) is 0 Å². The van der Waals surface area contributed by atoms with Crippen molar-refractivity contribution in [3.63, 3.8) is 0 Å². The quantitative estimate of drug-likeness (QED) is 0.782. The summed E-state index contributed by atoms with van der Waals surface area (Å²) in [5.74, 6) is -0.188. The van der Waals surface area contributed by atoms with E-state index < -0.39 is 29.9 Å². The minimum absolute atomic E-state index is 0.132. The standard InChI is InChI=1S/C19H18FNO6/c1-11(18(22)21-14-5-8-16-17(9-14)25-10-24-16)27-19(23)12(2)26-15-6-3-13(20)4-7-15/h3-9,11-12H,10H2,1-2H3,(H,21,22)/t11-,12-/m1/s1. The van der Waals surface area contributed by atoms with E-state index in [0.717, 1.165) is 0 Å². The van der Waals surface area contributed by atoms with E-state index in [1.807, 2.05) is 0 Å². The number of ether oxygens (including phenoxy) is 4. The van der Waals surface area contributed by atoms with E-state index in [-0.39, 0.29) is 6.79 Å². The van der Waals surface area contributed by atoms with Gasteiger partial charge in [-0.15, -0.1) is 0 Å². The number of fused-ring (bicyclic) bond motifs is 1. The molecule has 1 N–H and O–H groups in total. The molecular formula is C19H18FNO6. The van der Waals surface area contributed by atoms with Crippen molar-refractivity contribution in [2.24, 2.45) is 0 Å². The minimum Gasteiger partial charge on any atom is -0.479 e. The Morgan fingerprint density at radius 2 is 1.74 bits per heavy atom. The lowest BCUT2D eigenvalue weighted by Crippen LogP contribution is -2.35. The second-order valence-corrected chi connectivity index (χ2v) is 5.85. The molecule has 0 saturated heterocycles. The highest BCUT2D eigenvalue weighted by molar-refractivity contribution is 5.95. The van der Waals surface area contributed by atoms with Crippen molar-refractivity contribution < 1.29 is 32.9 Å². The number of anilines is 1. The number of carbonyl (C=O) groups excluding carboxylic acids is 2. The average Bonchev–Trinajstić information content (AvgIpc) is 3.11. The Morgan fingerprint density at radius 1 is 1.04 bits per heavy atom. The SMILES string of the molecule is C[C@@H](OC(=O)[C@@H](C)Oc1ccc(F)cc1)C(=O)Nc1ccc2c(c1)OCO2. The van der Waals surface area contributed by atoms with Crippen LogP contribution < -0.4 is 19.5 Å². The molecule has 142 valence electrons. The van der Waals surface area contributed by atoms with Crippen LogP contribution >= 0.6 is 0 Å². The van der Waals surface area contributed by atoms with Crippen molar-refractivity contribution in [2.45, 2.75) is 26.1 Å². The molecule has 0 saturated carbocycles. The van der Waals surface area contributed by atoms with Gasteiger partial charge in [-0.2, -0.15) is 0 Å². The predicted molar refractivity (Wildman–Crippen MR) is 93.2 cm³/mol. The highest BCUT2D eigenvalue weighted by Crippen LogP contribution is 2.34. The van der Waals surface area contributed by atoms with Gasteiger partial charge in [0.05, 0.1) is 0 Å². The van der Waals surface area contributed by atoms with Crippen molar-refractivity contribution in [1.82, 2.24) is 0 Å². The largest absolute Gasteiger partial charge is 0.479 e. The number of hydrogen-bond acceptors (Lipinski definition) is 6. The molecule has 2 aromatic rings. The lowest BCUT2D eigenvalue weighted by atomic mass is 10.2. The maximum atomic E-state index is 12.9. The van der Waals surface area contributed by atoms with Crippen LogP contribution in [0.15, 0.2) is 42.5 Å². The number of hydrogen-bond donors (Lipinski definition) is 1. The van der Waals surface area contributed by atoms with Crippen LogP contribution in [-0.4, -0.2) is 30.9 Å². The Kier molecular flexibility index (Phi) is 5.44. The lowest BCUT2D eigenvalue weighted by molar-refractivity contribution is -0.159. The Balaban J connectivity index is 1.52. The van der Waals surface area contributed by atoms with Crippen LogP contribution in [0.3, 0.4) is 0 Å². The van der Waals surface area contributed by atoms with Crippen LogP contribution in [-0.2, 0) is 14.3 Å². The normalized spacial score (nSPS) is 14.2. The van der Waals surface area contributed by atoms with Crippen LogP contribution in [0.2, 0.25) is 0 Å². The molecule has 1 aliphatic heterocycles. The molecule has 0 unspecified atom stereocenters. The zero-order valence-corrected chi connectivity index (χ0v) is 14.7. The third-order valence-corrected chi connectivity index (χ3v) is 3.76. The second-order valence-electron chi connectivity index (χ2n) is 5.85. The molecule has 0 aliphatic carbocycles. The number of rotatable bonds is 6. The summed E-state index contributed by atoms with van der Waals surface area (Å²) in [4.78, 5) is 24.3. The van der Waals surface area contributed by atoms with Gasteiger partial charge in [-0.25, -0.2) is 9.18 Å². The summed E-state index contributed by atoms with van der Waals surface area (Å²) in [5.41, 5.74) is 0.489. The molecule has 27 heavy (non-hydrogen) atoms. The maximum Gasteiger partial charge on any atom is 0.347 e. The second kappa shape index (κ2) is 7.94. The van der Waals surface area contributed by atoms with E-state index in [1.165, 1.54) is 38.1 Å². The highest BCUT2D eigenvalue weighted by atomic mass is 19.1. The van der Waals surface area contributed by atoms with Crippen molar-refractivity contribution >= 4 is 17.6 Å². The molecule has 2 atom stereocenters. The third kappa shape index (κ3) is 4.66. The van der Waals surface area contributed by atoms with E-state index in [4.69, 9.17) is 18.9 Å². The first-order chi connectivity index (χ1) is 12.9. The fourth-order valence-corrected chi connectivity index (χ4v) is 2.31. The zero-order chi connectivity index (χ0) is 19.4. The van der Waals surface area contributed by atoms with E-state index in [9.17, 15) is 14.0 Å². The monoisotopic (exact) mass is 375 g/mol. The summed E-state index contributed by atoms with van der Waals surface area (Å²) >= 11 is 0. The van der Waals surface area contributed by atoms with E-state index >= 15 is 0 Å². The fourth-order valence-electron chi connectivity index (χ4n) is 2.31. The van der Waals surface area contributed by atoms with Gasteiger partial charge in [0.25, 0.3) is 5.91 Å². The third-order valence-electron chi connectivity index (χ3n) is 3.76. The Hall–Kier alpha value is -3.29. The van der Waals surface area contributed by atoms with Gasteiger partial charge in [0.2, 0.25) is 6.79 Å². The van der Waals surface area contributed by atoms with Gasteiger partial charge < -0.3 is 24.3 Å². The molecule has 8 heteroatoms. The van der Waals surface area contributed by atoms with Crippen LogP contribution in [0.1, 0.15) is 13.8 Å². The lowest BCUT2D eigenvalue weighted by Gasteiger charge is -2.18. The van der Waals surface area contributed by atoms with Gasteiger partial charge in [0.1, 0.15) is 11.6 Å². The summed E-state index contributed by atoms with van der Waals surface area (Å²) in [5, 5.41) is 2.64. The molecule has 1 heterocycles. The molecule has 0 bridgehead atoms. The van der Waals surface area contributed by atoms with Crippen LogP contribution in [0, 0.1) is 5.82 Å². The number of halogens is 1. The van der Waals surface area contributed by atoms with Gasteiger partial charge in [-0.3, -0.25) is 4.79 Å². The Labute approximate surface area is 155 Å². The number of amides is 1. The molecule has 2 aromatic carbocycles. The molecule has 1 amide bonds. The van der Waals surface area contributed by atoms with Gasteiger partial charge in [0.15, 0.2) is 23.7 Å². The van der Waals surface area contributed by atoms with Gasteiger partial charge in [0, 0.05) is 11.8 Å². The molecular weight excluding hydrogens is 357 g/mol. The molecule has 7 nitrogen and oxygen atoms in total. The minimum atomic E-state index is -1.04. The smallest absolute Gasteiger partial charge is 0.347 e. The zero-order valence-electron chi connectivity index (χ0n) is 14.7. The first-order valence-electron chi connectivity index (χ1n) is 8.25. The number of benzene rings is 2. The Bertz CT molecular complexity index is 839. The van der Waals surface area contributed by atoms with Crippen molar-refractivity contribution in [2.75, 3.05) is 12.1 Å². The number of esters is 1. The first-order valence-corrected chi connectivity index (χ1v) is 8.25. The van der Waals surface area contributed by atoms with Crippen LogP contribution in [0.5, 0.6) is 17.2 Å². The van der Waals surface area contributed by atoms with Gasteiger partial charge in [-0.1, -0.05) is 0 Å². The van der Waals surface area contributed by atoms with Crippen molar-refractivity contribution in [3.05, 3.63) is 48.3 Å². The summed E-state index contributed by atoms with van der Waals surface area (Å²) < 4.78 is 33.8. The van der Waals surface area contributed by atoms with Gasteiger partial charge in [-0.05, 0) is 50.2 Å². The summed E-state index contributed by atoms with van der Waals surface area (Å²) in [6.07, 6.45) is -2.00.